The van der Waals surface area contributed by atoms with Crippen molar-refractivity contribution in [2.75, 3.05) is 0 Å². The van der Waals surface area contributed by atoms with E-state index in [9.17, 15) is 19.8 Å². The molecule has 1 heterocycles. The third-order valence-electron chi connectivity index (χ3n) is 6.77. The van der Waals surface area contributed by atoms with Gasteiger partial charge in [-0.3, -0.25) is 9.59 Å². The molecule has 1 aromatic heterocycles. The summed E-state index contributed by atoms with van der Waals surface area (Å²) in [5, 5.41) is 20.1. The van der Waals surface area contributed by atoms with Gasteiger partial charge in [-0.05, 0) is 42.0 Å². The summed E-state index contributed by atoms with van der Waals surface area (Å²) in [6, 6.07) is 22.6. The number of carbonyl (C=O) groups is 2. The first-order valence-electron chi connectivity index (χ1n) is 11.2. The number of aldehydes is 1. The van der Waals surface area contributed by atoms with Crippen LogP contribution in [0.1, 0.15) is 54.0 Å². The molecule has 6 heteroatoms. The van der Waals surface area contributed by atoms with Gasteiger partial charge in [0.1, 0.15) is 5.54 Å². The number of nitrogens with two attached hydrogens (primary N) is 1. The largest absolute Gasteiger partial charge is 0.480 e. The predicted molar refractivity (Wildman–Crippen MR) is 128 cm³/mol. The van der Waals surface area contributed by atoms with Crippen LogP contribution in [0, 0.1) is 5.92 Å². The van der Waals surface area contributed by atoms with Crippen LogP contribution in [0.15, 0.2) is 72.8 Å². The molecule has 0 bridgehead atoms. The first-order chi connectivity index (χ1) is 15.8. The van der Waals surface area contributed by atoms with Gasteiger partial charge >= 0.3 is 5.97 Å². The zero-order valence-electron chi connectivity index (χ0n) is 19.1. The lowest BCUT2D eigenvalue weighted by Crippen LogP contribution is -2.64. The standard InChI is InChI=1S/C27H32N2O4/c1-3-27(28,25(32)33)26(21-10-6-4-7-11-21,22-12-8-5-9-13-22)16-20(2)17-29-23(18-30)14-15-24(29)19-31/h4-15,18,20,31H,3,16-17,19,28H2,1-2H3,(H,32,33)/t20?,27-/m1/s1. The molecular weight excluding hydrogens is 416 g/mol. The maximum atomic E-state index is 12.7. The van der Waals surface area contributed by atoms with Gasteiger partial charge < -0.3 is 20.5 Å². The molecule has 2 aromatic carbocycles. The van der Waals surface area contributed by atoms with Gasteiger partial charge in [0.15, 0.2) is 6.29 Å². The molecule has 6 nitrogen and oxygen atoms in total. The number of hydrogen-bond donors (Lipinski definition) is 3. The smallest absolute Gasteiger partial charge is 0.324 e. The molecule has 0 aliphatic rings. The zero-order valence-corrected chi connectivity index (χ0v) is 19.1. The van der Waals surface area contributed by atoms with E-state index < -0.39 is 16.9 Å². The average Bonchev–Trinajstić information content (AvgIpc) is 3.24. The van der Waals surface area contributed by atoms with Gasteiger partial charge in [0.25, 0.3) is 0 Å². The van der Waals surface area contributed by atoms with Gasteiger partial charge in [-0.25, -0.2) is 0 Å². The number of nitrogens with zero attached hydrogens (tertiary/aromatic N) is 1. The first kappa shape index (κ1) is 24.4. The van der Waals surface area contributed by atoms with E-state index >= 15 is 0 Å². The van der Waals surface area contributed by atoms with E-state index in [1.165, 1.54) is 0 Å². The third kappa shape index (κ3) is 4.36. The highest BCUT2D eigenvalue weighted by atomic mass is 16.4. The Morgan fingerprint density at radius 2 is 1.58 bits per heavy atom. The van der Waals surface area contributed by atoms with Crippen molar-refractivity contribution in [3.8, 4) is 0 Å². The minimum Gasteiger partial charge on any atom is -0.480 e. The van der Waals surface area contributed by atoms with Crippen LogP contribution in [-0.4, -0.2) is 32.6 Å². The summed E-state index contributed by atoms with van der Waals surface area (Å²) in [4.78, 5) is 24.3. The maximum absolute atomic E-state index is 12.7. The Balaban J connectivity index is 2.20. The minimum absolute atomic E-state index is 0.0735. The molecule has 0 amide bonds. The number of carboxylic acid groups (broad SMARTS) is 1. The van der Waals surface area contributed by atoms with Crippen LogP contribution in [0.2, 0.25) is 0 Å². The van der Waals surface area contributed by atoms with Crippen molar-refractivity contribution in [1.82, 2.24) is 4.57 Å². The van der Waals surface area contributed by atoms with Gasteiger partial charge in [0.05, 0.1) is 12.3 Å². The number of aliphatic hydroxyl groups excluding tert-OH is 1. The van der Waals surface area contributed by atoms with Crippen molar-refractivity contribution in [2.24, 2.45) is 11.7 Å². The van der Waals surface area contributed by atoms with E-state index in [-0.39, 0.29) is 18.9 Å². The highest BCUT2D eigenvalue weighted by Crippen LogP contribution is 2.47. The van der Waals surface area contributed by atoms with Crippen molar-refractivity contribution in [3.63, 3.8) is 0 Å². The van der Waals surface area contributed by atoms with Gasteiger partial charge in [0, 0.05) is 17.7 Å². The predicted octanol–water partition coefficient (Wildman–Crippen LogP) is 4.00. The molecule has 2 atom stereocenters. The molecule has 0 fully saturated rings. The normalized spacial score (nSPS) is 14.4. The molecule has 0 aliphatic heterocycles. The molecule has 1 unspecified atom stereocenters. The molecule has 0 saturated carbocycles. The number of carbonyl (C=O) groups excluding carboxylic acids is 1. The molecule has 3 rings (SSSR count). The van der Waals surface area contributed by atoms with Crippen LogP contribution in [-0.2, 0) is 23.4 Å². The molecule has 0 aliphatic carbocycles. The Labute approximate surface area is 194 Å². The summed E-state index contributed by atoms with van der Waals surface area (Å²) in [5.74, 6) is -1.13. The first-order valence-corrected chi connectivity index (χ1v) is 11.2. The highest BCUT2D eigenvalue weighted by molar-refractivity contribution is 5.83. The number of rotatable bonds is 11. The number of aliphatic carboxylic acids is 1. The summed E-state index contributed by atoms with van der Waals surface area (Å²) < 4.78 is 1.79. The Morgan fingerprint density at radius 3 is 2.00 bits per heavy atom. The van der Waals surface area contributed by atoms with Crippen LogP contribution >= 0.6 is 0 Å². The number of aromatic nitrogens is 1. The van der Waals surface area contributed by atoms with Crippen LogP contribution in [0.5, 0.6) is 0 Å². The molecule has 0 radical (unpaired) electrons. The van der Waals surface area contributed by atoms with Crippen molar-refractivity contribution >= 4 is 12.3 Å². The highest BCUT2D eigenvalue weighted by Gasteiger charge is 2.55. The monoisotopic (exact) mass is 448 g/mol. The fourth-order valence-corrected chi connectivity index (χ4v) is 5.07. The maximum Gasteiger partial charge on any atom is 0.324 e. The second-order valence-electron chi connectivity index (χ2n) is 8.71. The van der Waals surface area contributed by atoms with Crippen molar-refractivity contribution in [1.29, 1.82) is 0 Å². The molecule has 33 heavy (non-hydrogen) atoms. The van der Waals surface area contributed by atoms with Gasteiger partial charge in [-0.1, -0.05) is 74.5 Å². The lowest BCUT2D eigenvalue weighted by Gasteiger charge is -2.48. The molecule has 174 valence electrons. The van der Waals surface area contributed by atoms with Crippen LogP contribution in [0.4, 0.5) is 0 Å². The quantitative estimate of drug-likeness (QED) is 0.385. The second-order valence-corrected chi connectivity index (χ2v) is 8.71. The Kier molecular flexibility index (Phi) is 7.51. The number of carboxylic acids is 1. The fraction of sp³-hybridized carbons (Fsp3) is 0.333. The fourth-order valence-electron chi connectivity index (χ4n) is 5.07. The number of aliphatic hydroxyl groups is 1. The van der Waals surface area contributed by atoms with Crippen molar-refractivity contribution < 1.29 is 19.8 Å². The number of benzene rings is 2. The van der Waals surface area contributed by atoms with E-state index in [1.807, 2.05) is 67.6 Å². The third-order valence-corrected chi connectivity index (χ3v) is 6.77. The molecular formula is C27H32N2O4. The Morgan fingerprint density at radius 1 is 1.03 bits per heavy atom. The molecule has 0 saturated heterocycles. The second kappa shape index (κ2) is 10.1. The molecule has 4 N–H and O–H groups in total. The van der Waals surface area contributed by atoms with E-state index in [2.05, 4.69) is 0 Å². The topological polar surface area (TPSA) is 106 Å². The van der Waals surface area contributed by atoms with E-state index in [0.29, 0.717) is 24.4 Å². The van der Waals surface area contributed by atoms with Crippen LogP contribution < -0.4 is 5.73 Å². The lowest BCUT2D eigenvalue weighted by atomic mass is 9.57. The summed E-state index contributed by atoms with van der Waals surface area (Å²) in [5.41, 5.74) is 7.00. The minimum atomic E-state index is -1.58. The van der Waals surface area contributed by atoms with E-state index in [1.54, 1.807) is 23.6 Å². The molecule has 3 aromatic rings. The van der Waals surface area contributed by atoms with Gasteiger partial charge in [0.2, 0.25) is 0 Å². The van der Waals surface area contributed by atoms with E-state index in [0.717, 1.165) is 17.4 Å². The zero-order chi connectivity index (χ0) is 24.1. The SMILES string of the molecule is CC[C@@](N)(C(=O)O)C(CC(C)Cn1c(C=O)ccc1CO)(c1ccccc1)c1ccccc1. The van der Waals surface area contributed by atoms with Crippen LogP contribution in [0.25, 0.3) is 0 Å². The van der Waals surface area contributed by atoms with E-state index in [4.69, 9.17) is 5.73 Å². The lowest BCUT2D eigenvalue weighted by molar-refractivity contribution is -0.146. The van der Waals surface area contributed by atoms with Crippen molar-refractivity contribution in [2.45, 2.75) is 50.8 Å². The van der Waals surface area contributed by atoms with Gasteiger partial charge in [-0.15, -0.1) is 0 Å². The summed E-state index contributed by atoms with van der Waals surface area (Å²) in [7, 11) is 0. The molecule has 0 spiro atoms. The van der Waals surface area contributed by atoms with Crippen LogP contribution in [0.3, 0.4) is 0 Å². The summed E-state index contributed by atoms with van der Waals surface area (Å²) >= 11 is 0. The Bertz CT molecular complexity index is 1040. The number of hydrogen-bond acceptors (Lipinski definition) is 4. The Hall–Kier alpha value is -3.22. The summed E-state index contributed by atoms with van der Waals surface area (Å²) in [6.07, 6.45) is 1.42. The van der Waals surface area contributed by atoms with Gasteiger partial charge in [-0.2, -0.15) is 0 Å². The average molecular weight is 449 g/mol. The van der Waals surface area contributed by atoms with Crippen molar-refractivity contribution in [3.05, 3.63) is 95.3 Å². The summed E-state index contributed by atoms with van der Waals surface area (Å²) in [6.45, 7) is 4.08.